The molecule has 0 spiro atoms. The van der Waals surface area contributed by atoms with Gasteiger partial charge in [0.05, 0.1) is 22.3 Å². The van der Waals surface area contributed by atoms with Crippen molar-refractivity contribution in [1.29, 1.82) is 0 Å². The van der Waals surface area contributed by atoms with Crippen molar-refractivity contribution in [2.24, 2.45) is 0 Å². The number of fused-ring (bicyclic) bond motifs is 1. The van der Waals surface area contributed by atoms with Crippen LogP contribution in [0.1, 0.15) is 25.3 Å². The quantitative estimate of drug-likeness (QED) is 0.715. The summed E-state index contributed by atoms with van der Waals surface area (Å²) in [5, 5.41) is 3.78. The molecule has 134 valence electrons. The molecule has 2 aromatic carbocycles. The van der Waals surface area contributed by atoms with Gasteiger partial charge in [-0.15, -0.1) is 0 Å². The standard InChI is InChI=1S/C19H17Cl2N3O2/c1-11(2)13-5-3-4-6-16(13)23-17(25)9-24-10-22-18-14(19(24)26)7-12(20)8-15(18)21/h3-8,10-11H,9H2,1-2H3,(H,23,25). The van der Waals surface area contributed by atoms with E-state index < -0.39 is 0 Å². The van der Waals surface area contributed by atoms with E-state index in [2.05, 4.69) is 24.1 Å². The molecule has 0 atom stereocenters. The van der Waals surface area contributed by atoms with Crippen molar-refractivity contribution in [2.75, 3.05) is 5.32 Å². The summed E-state index contributed by atoms with van der Waals surface area (Å²) < 4.78 is 1.24. The molecular weight excluding hydrogens is 373 g/mol. The predicted molar refractivity (Wildman–Crippen MR) is 105 cm³/mol. The second-order valence-corrected chi connectivity index (χ2v) is 7.10. The lowest BCUT2D eigenvalue weighted by molar-refractivity contribution is -0.116. The van der Waals surface area contributed by atoms with Crippen molar-refractivity contribution >= 4 is 45.7 Å². The summed E-state index contributed by atoms with van der Waals surface area (Å²) in [6, 6.07) is 10.6. The SMILES string of the molecule is CC(C)c1ccccc1NC(=O)Cn1cnc2c(Cl)cc(Cl)cc2c1=O. The predicted octanol–water partition coefficient (Wildman–Crippen LogP) is 4.47. The first-order valence-corrected chi connectivity index (χ1v) is 8.85. The van der Waals surface area contributed by atoms with Gasteiger partial charge in [-0.05, 0) is 29.7 Å². The number of hydrogen-bond donors (Lipinski definition) is 1. The van der Waals surface area contributed by atoms with Gasteiger partial charge in [-0.25, -0.2) is 4.98 Å². The number of rotatable bonds is 4. The zero-order valence-corrected chi connectivity index (χ0v) is 15.8. The average Bonchev–Trinajstić information content (AvgIpc) is 2.58. The van der Waals surface area contributed by atoms with Crippen molar-refractivity contribution in [3.8, 4) is 0 Å². The molecule has 1 amide bonds. The first kappa shape index (κ1) is 18.4. The normalized spacial score (nSPS) is 11.1. The fourth-order valence-electron chi connectivity index (χ4n) is 2.77. The summed E-state index contributed by atoms with van der Waals surface area (Å²) >= 11 is 12.0. The topological polar surface area (TPSA) is 64.0 Å². The van der Waals surface area contributed by atoms with Gasteiger partial charge in [0, 0.05) is 10.7 Å². The Hall–Kier alpha value is -2.37. The van der Waals surface area contributed by atoms with Crippen LogP contribution in [0.5, 0.6) is 0 Å². The minimum atomic E-state index is -0.369. The Bertz CT molecular complexity index is 1040. The summed E-state index contributed by atoms with van der Waals surface area (Å²) in [6.07, 6.45) is 1.32. The lowest BCUT2D eigenvalue weighted by Gasteiger charge is -2.14. The molecule has 3 aromatic rings. The van der Waals surface area contributed by atoms with Crippen LogP contribution in [0.15, 0.2) is 47.5 Å². The molecule has 1 N–H and O–H groups in total. The van der Waals surface area contributed by atoms with E-state index in [1.807, 2.05) is 24.3 Å². The van der Waals surface area contributed by atoms with E-state index in [1.165, 1.54) is 23.0 Å². The minimum absolute atomic E-state index is 0.154. The van der Waals surface area contributed by atoms with Crippen LogP contribution >= 0.6 is 23.2 Å². The van der Waals surface area contributed by atoms with Gasteiger partial charge < -0.3 is 5.32 Å². The highest BCUT2D eigenvalue weighted by molar-refractivity contribution is 6.38. The van der Waals surface area contributed by atoms with E-state index in [4.69, 9.17) is 23.2 Å². The maximum Gasteiger partial charge on any atom is 0.261 e. The Labute approximate surface area is 160 Å². The first-order chi connectivity index (χ1) is 12.4. The molecule has 0 fully saturated rings. The molecule has 0 radical (unpaired) electrons. The summed E-state index contributed by atoms with van der Waals surface area (Å²) in [5.74, 6) is -0.0460. The third-order valence-electron chi connectivity index (χ3n) is 4.02. The molecule has 0 bridgehead atoms. The first-order valence-electron chi connectivity index (χ1n) is 8.10. The number of aromatic nitrogens is 2. The lowest BCUT2D eigenvalue weighted by Crippen LogP contribution is -2.28. The Morgan fingerprint density at radius 1 is 1.23 bits per heavy atom. The third kappa shape index (κ3) is 3.74. The van der Waals surface area contributed by atoms with Crippen LogP contribution in [-0.2, 0) is 11.3 Å². The number of anilines is 1. The molecule has 0 unspecified atom stereocenters. The number of halogens is 2. The fourth-order valence-corrected chi connectivity index (χ4v) is 3.31. The van der Waals surface area contributed by atoms with E-state index in [9.17, 15) is 9.59 Å². The van der Waals surface area contributed by atoms with Crippen LogP contribution in [0.2, 0.25) is 10.0 Å². The molecule has 0 saturated heterocycles. The molecule has 1 heterocycles. The second-order valence-electron chi connectivity index (χ2n) is 6.25. The monoisotopic (exact) mass is 389 g/mol. The smallest absolute Gasteiger partial charge is 0.261 e. The number of hydrogen-bond acceptors (Lipinski definition) is 3. The Kier molecular flexibility index (Phi) is 5.30. The molecule has 5 nitrogen and oxygen atoms in total. The van der Waals surface area contributed by atoms with E-state index in [0.717, 1.165) is 11.3 Å². The molecule has 26 heavy (non-hydrogen) atoms. The number of amides is 1. The van der Waals surface area contributed by atoms with Crippen LogP contribution in [0.25, 0.3) is 10.9 Å². The highest BCUT2D eigenvalue weighted by Crippen LogP contribution is 2.25. The summed E-state index contributed by atoms with van der Waals surface area (Å²) in [7, 11) is 0. The molecular formula is C19H17Cl2N3O2. The maximum absolute atomic E-state index is 12.6. The lowest BCUT2D eigenvalue weighted by atomic mass is 10.0. The van der Waals surface area contributed by atoms with Crippen molar-refractivity contribution in [3.05, 3.63) is 68.7 Å². The average molecular weight is 390 g/mol. The molecule has 0 aliphatic heterocycles. The van der Waals surface area contributed by atoms with Gasteiger partial charge in [-0.2, -0.15) is 0 Å². The Balaban J connectivity index is 1.89. The van der Waals surface area contributed by atoms with Crippen LogP contribution < -0.4 is 10.9 Å². The van der Waals surface area contributed by atoms with E-state index >= 15 is 0 Å². The van der Waals surface area contributed by atoms with Crippen LogP contribution in [-0.4, -0.2) is 15.5 Å². The van der Waals surface area contributed by atoms with E-state index in [1.54, 1.807) is 0 Å². The van der Waals surface area contributed by atoms with Crippen molar-refractivity contribution in [2.45, 2.75) is 26.3 Å². The Morgan fingerprint density at radius 3 is 2.69 bits per heavy atom. The number of carbonyl (C=O) groups excluding carboxylic acids is 1. The van der Waals surface area contributed by atoms with Crippen LogP contribution in [0, 0.1) is 0 Å². The van der Waals surface area contributed by atoms with Gasteiger partial charge in [0.25, 0.3) is 5.56 Å². The summed E-state index contributed by atoms with van der Waals surface area (Å²) in [6.45, 7) is 3.95. The van der Waals surface area contributed by atoms with Gasteiger partial charge in [0.2, 0.25) is 5.91 Å². The largest absolute Gasteiger partial charge is 0.324 e. The van der Waals surface area contributed by atoms with Crippen molar-refractivity contribution in [1.82, 2.24) is 9.55 Å². The maximum atomic E-state index is 12.6. The summed E-state index contributed by atoms with van der Waals surface area (Å²) in [5.41, 5.74) is 1.76. The second kappa shape index (κ2) is 7.48. The van der Waals surface area contributed by atoms with Gasteiger partial charge in [0.15, 0.2) is 0 Å². The van der Waals surface area contributed by atoms with Crippen molar-refractivity contribution < 1.29 is 4.79 Å². The van der Waals surface area contributed by atoms with Gasteiger partial charge in [-0.1, -0.05) is 55.2 Å². The van der Waals surface area contributed by atoms with E-state index in [-0.39, 0.29) is 29.3 Å². The molecule has 7 heteroatoms. The molecule has 0 saturated carbocycles. The third-order valence-corrected chi connectivity index (χ3v) is 4.52. The Morgan fingerprint density at radius 2 is 1.96 bits per heavy atom. The summed E-state index contributed by atoms with van der Waals surface area (Å²) in [4.78, 5) is 29.2. The highest BCUT2D eigenvalue weighted by atomic mass is 35.5. The molecule has 3 rings (SSSR count). The minimum Gasteiger partial charge on any atom is -0.324 e. The van der Waals surface area contributed by atoms with Crippen molar-refractivity contribution in [3.63, 3.8) is 0 Å². The molecule has 0 aliphatic carbocycles. The highest BCUT2D eigenvalue weighted by Gasteiger charge is 2.13. The van der Waals surface area contributed by atoms with E-state index in [0.29, 0.717) is 15.6 Å². The van der Waals surface area contributed by atoms with Gasteiger partial charge >= 0.3 is 0 Å². The zero-order valence-electron chi connectivity index (χ0n) is 14.3. The van der Waals surface area contributed by atoms with Crippen LogP contribution in [0.4, 0.5) is 5.69 Å². The van der Waals surface area contributed by atoms with Gasteiger partial charge in [-0.3, -0.25) is 14.2 Å². The van der Waals surface area contributed by atoms with Gasteiger partial charge in [0.1, 0.15) is 6.54 Å². The number of carbonyl (C=O) groups is 1. The zero-order chi connectivity index (χ0) is 18.8. The fraction of sp³-hybridized carbons (Fsp3) is 0.211. The number of nitrogens with zero attached hydrogens (tertiary/aromatic N) is 2. The van der Waals surface area contributed by atoms with Crippen LogP contribution in [0.3, 0.4) is 0 Å². The number of nitrogens with one attached hydrogen (secondary N) is 1. The molecule has 0 aliphatic rings. The number of benzene rings is 2. The number of para-hydroxylation sites is 1. The molecule has 1 aromatic heterocycles.